The summed E-state index contributed by atoms with van der Waals surface area (Å²) in [5, 5.41) is 0. The van der Waals surface area contributed by atoms with E-state index < -0.39 is 5.54 Å². The topological polar surface area (TPSA) is 37.4 Å². The van der Waals surface area contributed by atoms with Crippen molar-refractivity contribution in [2.75, 3.05) is 7.05 Å². The van der Waals surface area contributed by atoms with E-state index in [0.717, 1.165) is 22.3 Å². The molecule has 1 spiro atoms. The molecule has 26 heavy (non-hydrogen) atoms. The molecule has 3 nitrogen and oxygen atoms in total. The maximum atomic E-state index is 13.2. The van der Waals surface area contributed by atoms with Gasteiger partial charge < -0.3 is 4.90 Å². The lowest BCUT2D eigenvalue weighted by atomic mass is 9.80. The van der Waals surface area contributed by atoms with Gasteiger partial charge in [-0.05, 0) is 42.4 Å². The maximum absolute atomic E-state index is 13.2. The molecule has 0 radical (unpaired) electrons. The summed E-state index contributed by atoms with van der Waals surface area (Å²) in [5.41, 5.74) is 3.86. The highest BCUT2D eigenvalue weighted by Gasteiger charge is 2.48. The number of carbonyl (C=O) groups is 2. The van der Waals surface area contributed by atoms with Crippen molar-refractivity contribution in [3.05, 3.63) is 95.6 Å². The molecule has 0 bridgehead atoms. The van der Waals surface area contributed by atoms with Crippen molar-refractivity contribution in [1.82, 2.24) is 4.90 Å². The number of ketones is 1. The number of amides is 1. The molecule has 0 N–H and O–H groups in total. The Labute approximate surface area is 153 Å². The van der Waals surface area contributed by atoms with Gasteiger partial charge in [-0.15, -0.1) is 0 Å². The smallest absolute Gasteiger partial charge is 0.255 e. The van der Waals surface area contributed by atoms with Gasteiger partial charge in [0.2, 0.25) is 0 Å². The number of hydrogen-bond acceptors (Lipinski definition) is 2. The van der Waals surface area contributed by atoms with Crippen molar-refractivity contribution in [3.63, 3.8) is 0 Å². The molecule has 4 rings (SSSR count). The lowest BCUT2D eigenvalue weighted by molar-refractivity contribution is -0.124. The second-order valence-corrected chi connectivity index (χ2v) is 6.74. The first kappa shape index (κ1) is 16.3. The number of benzene rings is 2. The van der Waals surface area contributed by atoms with Crippen LogP contribution in [0.2, 0.25) is 0 Å². The van der Waals surface area contributed by atoms with E-state index in [-0.39, 0.29) is 11.7 Å². The zero-order chi connectivity index (χ0) is 18.3. The van der Waals surface area contributed by atoms with Crippen LogP contribution in [-0.4, -0.2) is 29.2 Å². The van der Waals surface area contributed by atoms with Crippen molar-refractivity contribution < 1.29 is 9.59 Å². The fourth-order valence-corrected chi connectivity index (χ4v) is 3.70. The van der Waals surface area contributed by atoms with E-state index in [4.69, 9.17) is 0 Å². The van der Waals surface area contributed by atoms with E-state index in [2.05, 4.69) is 0 Å². The molecule has 3 heteroatoms. The zero-order valence-corrected chi connectivity index (χ0v) is 14.8. The molecule has 1 aliphatic carbocycles. The van der Waals surface area contributed by atoms with Crippen molar-refractivity contribution in [2.24, 2.45) is 0 Å². The molecule has 2 aromatic carbocycles. The molecule has 2 aromatic rings. The molecule has 1 heterocycles. The van der Waals surface area contributed by atoms with Crippen LogP contribution >= 0.6 is 0 Å². The van der Waals surface area contributed by atoms with Crippen LogP contribution in [0.15, 0.2) is 78.9 Å². The molecule has 0 saturated carbocycles. The van der Waals surface area contributed by atoms with Crippen LogP contribution in [0.5, 0.6) is 0 Å². The Morgan fingerprint density at radius 2 is 1.42 bits per heavy atom. The van der Waals surface area contributed by atoms with E-state index in [1.54, 1.807) is 24.1 Å². The predicted octanol–water partition coefficient (Wildman–Crippen LogP) is 3.81. The van der Waals surface area contributed by atoms with Gasteiger partial charge in [-0.2, -0.15) is 0 Å². The molecule has 0 atom stereocenters. The summed E-state index contributed by atoms with van der Waals surface area (Å²) in [4.78, 5) is 26.7. The lowest BCUT2D eigenvalue weighted by Crippen LogP contribution is -2.43. The van der Waals surface area contributed by atoms with Crippen LogP contribution in [0.4, 0.5) is 0 Å². The third-order valence-electron chi connectivity index (χ3n) is 5.13. The van der Waals surface area contributed by atoms with Crippen LogP contribution in [0.1, 0.15) is 16.7 Å². The fourth-order valence-electron chi connectivity index (χ4n) is 3.70. The zero-order valence-electron chi connectivity index (χ0n) is 14.8. The SMILES string of the molecule is Cc1ccc(C2=C(c3ccccc3)C3(C=CC(=O)C=C3)N(C)C2=O)cc1. The number of rotatable bonds is 2. The number of carbonyl (C=O) groups excluding carboxylic acids is 2. The largest absolute Gasteiger partial charge is 0.325 e. The highest BCUT2D eigenvalue weighted by Crippen LogP contribution is 2.47. The molecule has 0 aromatic heterocycles. The van der Waals surface area contributed by atoms with Gasteiger partial charge in [0.05, 0.1) is 5.57 Å². The highest BCUT2D eigenvalue weighted by atomic mass is 16.2. The molecule has 1 aliphatic heterocycles. The lowest BCUT2D eigenvalue weighted by Gasteiger charge is -2.34. The van der Waals surface area contributed by atoms with Gasteiger partial charge >= 0.3 is 0 Å². The van der Waals surface area contributed by atoms with Crippen molar-refractivity contribution in [2.45, 2.75) is 12.5 Å². The molecular weight excluding hydrogens is 322 g/mol. The normalized spacial score (nSPS) is 18.3. The van der Waals surface area contributed by atoms with Crippen molar-refractivity contribution in [3.8, 4) is 0 Å². The van der Waals surface area contributed by atoms with Crippen LogP contribution in [0.3, 0.4) is 0 Å². The molecule has 1 amide bonds. The van der Waals surface area contributed by atoms with Crippen molar-refractivity contribution in [1.29, 1.82) is 0 Å². The monoisotopic (exact) mass is 341 g/mol. The van der Waals surface area contributed by atoms with E-state index in [0.29, 0.717) is 5.57 Å². The number of nitrogens with zero attached hydrogens (tertiary/aromatic N) is 1. The second kappa shape index (κ2) is 5.95. The maximum Gasteiger partial charge on any atom is 0.255 e. The van der Waals surface area contributed by atoms with Crippen LogP contribution in [0.25, 0.3) is 11.1 Å². The van der Waals surface area contributed by atoms with E-state index in [1.807, 2.05) is 73.7 Å². The molecule has 2 aliphatic rings. The minimum atomic E-state index is -0.743. The van der Waals surface area contributed by atoms with Gasteiger partial charge in [0.25, 0.3) is 5.91 Å². The number of likely N-dealkylation sites (N-methyl/N-ethyl adjacent to an activating group) is 1. The average Bonchev–Trinajstić information content (AvgIpc) is 2.88. The fraction of sp³-hybridized carbons (Fsp3) is 0.130. The molecular formula is C23H19NO2. The van der Waals surface area contributed by atoms with Gasteiger partial charge in [0.15, 0.2) is 5.78 Å². The third-order valence-corrected chi connectivity index (χ3v) is 5.13. The Bertz CT molecular complexity index is 963. The first-order valence-corrected chi connectivity index (χ1v) is 8.61. The van der Waals surface area contributed by atoms with Gasteiger partial charge in [0, 0.05) is 12.6 Å². The van der Waals surface area contributed by atoms with Crippen molar-refractivity contribution >= 4 is 22.8 Å². The molecule has 0 unspecified atom stereocenters. The van der Waals surface area contributed by atoms with E-state index in [9.17, 15) is 9.59 Å². The Balaban J connectivity index is 2.03. The summed E-state index contributed by atoms with van der Waals surface area (Å²) in [6.45, 7) is 2.03. The van der Waals surface area contributed by atoms with E-state index in [1.165, 1.54) is 0 Å². The predicted molar refractivity (Wildman–Crippen MR) is 103 cm³/mol. The molecule has 128 valence electrons. The summed E-state index contributed by atoms with van der Waals surface area (Å²) in [7, 11) is 1.79. The van der Waals surface area contributed by atoms with Gasteiger partial charge in [-0.3, -0.25) is 9.59 Å². The Morgan fingerprint density at radius 3 is 2.04 bits per heavy atom. The van der Waals surface area contributed by atoms with E-state index >= 15 is 0 Å². The third kappa shape index (κ3) is 2.36. The first-order valence-electron chi connectivity index (χ1n) is 8.61. The minimum Gasteiger partial charge on any atom is -0.325 e. The van der Waals surface area contributed by atoms with Gasteiger partial charge in [0.1, 0.15) is 5.54 Å². The standard InChI is InChI=1S/C23H19NO2/c1-16-8-10-17(11-9-16)20-21(18-6-4-3-5-7-18)23(24(2)22(20)26)14-12-19(25)13-15-23/h3-15H,1-2H3. The summed E-state index contributed by atoms with van der Waals surface area (Å²) >= 11 is 0. The first-order chi connectivity index (χ1) is 12.5. The Kier molecular flexibility index (Phi) is 3.73. The summed E-state index contributed by atoms with van der Waals surface area (Å²) < 4.78 is 0. The quantitative estimate of drug-likeness (QED) is 0.833. The number of hydrogen-bond donors (Lipinski definition) is 0. The summed E-state index contributed by atoms with van der Waals surface area (Å²) in [6, 6.07) is 17.9. The van der Waals surface area contributed by atoms with Gasteiger partial charge in [-0.25, -0.2) is 0 Å². The Hall–Kier alpha value is -3.20. The highest BCUT2D eigenvalue weighted by molar-refractivity contribution is 6.33. The molecule has 0 fully saturated rings. The number of aryl methyl sites for hydroxylation is 1. The summed E-state index contributed by atoms with van der Waals surface area (Å²) in [5.74, 6) is -0.107. The van der Waals surface area contributed by atoms with Crippen LogP contribution in [0, 0.1) is 6.92 Å². The average molecular weight is 341 g/mol. The minimum absolute atomic E-state index is 0.0450. The Morgan fingerprint density at radius 1 is 0.808 bits per heavy atom. The molecule has 0 saturated heterocycles. The van der Waals surface area contributed by atoms with Crippen LogP contribution in [-0.2, 0) is 9.59 Å². The van der Waals surface area contributed by atoms with Crippen LogP contribution < -0.4 is 0 Å². The summed E-state index contributed by atoms with van der Waals surface area (Å²) in [6.07, 6.45) is 6.75. The second-order valence-electron chi connectivity index (χ2n) is 6.74. The van der Waals surface area contributed by atoms with Gasteiger partial charge in [-0.1, -0.05) is 60.2 Å². The number of allylic oxidation sites excluding steroid dienone is 2.